The second-order valence-corrected chi connectivity index (χ2v) is 3.72. The molecule has 2 heteroatoms. The van der Waals surface area contributed by atoms with Crippen molar-refractivity contribution in [3.8, 4) is 0 Å². The molecule has 0 N–H and O–H groups in total. The Labute approximate surface area is 55.6 Å². The van der Waals surface area contributed by atoms with E-state index >= 15 is 0 Å². The SMILES string of the molecule is CCCN([SiH3])C(C)C. The average molecular weight is 131 g/mol. The Morgan fingerprint density at radius 2 is 2.00 bits per heavy atom. The summed E-state index contributed by atoms with van der Waals surface area (Å²) in [4.78, 5) is 0. The number of nitrogens with zero attached hydrogens (tertiary/aromatic N) is 1. The summed E-state index contributed by atoms with van der Waals surface area (Å²) in [6.45, 7) is 8.02. The van der Waals surface area contributed by atoms with Crippen molar-refractivity contribution in [2.75, 3.05) is 6.54 Å². The van der Waals surface area contributed by atoms with Gasteiger partial charge < -0.3 is 4.57 Å². The average Bonchev–Trinajstić information content (AvgIpc) is 1.67. The number of hydrogen-bond acceptors (Lipinski definition) is 1. The molecule has 8 heavy (non-hydrogen) atoms. The van der Waals surface area contributed by atoms with Crippen LogP contribution < -0.4 is 0 Å². The van der Waals surface area contributed by atoms with Crippen LogP contribution in [0.15, 0.2) is 0 Å². The van der Waals surface area contributed by atoms with Crippen molar-refractivity contribution in [2.24, 2.45) is 0 Å². The van der Waals surface area contributed by atoms with Crippen molar-refractivity contribution in [1.82, 2.24) is 4.57 Å². The molecule has 0 heterocycles. The van der Waals surface area contributed by atoms with Gasteiger partial charge in [0.1, 0.15) is 0 Å². The van der Waals surface area contributed by atoms with E-state index in [-0.39, 0.29) is 0 Å². The predicted molar refractivity (Wildman–Crippen MR) is 42.1 cm³/mol. The number of hydrogen-bond donors (Lipinski definition) is 0. The molecule has 0 aliphatic heterocycles. The van der Waals surface area contributed by atoms with Gasteiger partial charge in [0.2, 0.25) is 0 Å². The summed E-state index contributed by atoms with van der Waals surface area (Å²) in [5, 5.41) is 0. The predicted octanol–water partition coefficient (Wildman–Crippen LogP) is 0.387. The first-order valence-electron chi connectivity index (χ1n) is 3.38. The lowest BCUT2D eigenvalue weighted by atomic mass is 10.4. The second kappa shape index (κ2) is 4.10. The van der Waals surface area contributed by atoms with Gasteiger partial charge in [-0.1, -0.05) is 20.8 Å². The zero-order valence-corrected chi connectivity index (χ0v) is 8.44. The second-order valence-electron chi connectivity index (χ2n) is 2.57. The third-order valence-electron chi connectivity index (χ3n) is 1.46. The molecule has 0 aromatic heterocycles. The van der Waals surface area contributed by atoms with E-state index in [9.17, 15) is 0 Å². The summed E-state index contributed by atoms with van der Waals surface area (Å²) in [5.74, 6) is 0. The van der Waals surface area contributed by atoms with Gasteiger partial charge in [-0.05, 0) is 19.0 Å². The Balaban J connectivity index is 3.17. The molecule has 0 radical (unpaired) electrons. The summed E-state index contributed by atoms with van der Waals surface area (Å²) in [6.07, 6.45) is 1.29. The number of rotatable bonds is 3. The molecular weight excluding hydrogens is 114 g/mol. The molecule has 0 aliphatic rings. The van der Waals surface area contributed by atoms with Crippen LogP contribution in [0.3, 0.4) is 0 Å². The van der Waals surface area contributed by atoms with Crippen molar-refractivity contribution in [2.45, 2.75) is 33.2 Å². The van der Waals surface area contributed by atoms with E-state index in [1.165, 1.54) is 23.4 Å². The minimum atomic E-state index is 0.765. The monoisotopic (exact) mass is 131 g/mol. The van der Waals surface area contributed by atoms with E-state index in [1.54, 1.807) is 0 Å². The summed E-state index contributed by atoms with van der Waals surface area (Å²) < 4.78 is 2.49. The van der Waals surface area contributed by atoms with Crippen molar-refractivity contribution < 1.29 is 0 Å². The zero-order valence-electron chi connectivity index (χ0n) is 6.44. The van der Waals surface area contributed by atoms with Crippen LogP contribution in [0.1, 0.15) is 27.2 Å². The quantitative estimate of drug-likeness (QED) is 0.501. The van der Waals surface area contributed by atoms with Gasteiger partial charge in [0.25, 0.3) is 0 Å². The summed E-state index contributed by atoms with van der Waals surface area (Å²) in [7, 11) is 1.22. The Morgan fingerprint density at radius 1 is 1.50 bits per heavy atom. The normalized spacial score (nSPS) is 11.6. The van der Waals surface area contributed by atoms with E-state index in [0.717, 1.165) is 6.04 Å². The van der Waals surface area contributed by atoms with E-state index in [4.69, 9.17) is 0 Å². The first kappa shape index (κ1) is 8.18. The van der Waals surface area contributed by atoms with Crippen LogP contribution in [-0.4, -0.2) is 27.6 Å². The highest BCUT2D eigenvalue weighted by Crippen LogP contribution is 1.92. The fourth-order valence-corrected chi connectivity index (χ4v) is 1.06. The molecule has 0 fully saturated rings. The van der Waals surface area contributed by atoms with E-state index in [2.05, 4.69) is 25.3 Å². The van der Waals surface area contributed by atoms with Gasteiger partial charge in [-0.15, -0.1) is 0 Å². The third-order valence-corrected chi connectivity index (χ3v) is 2.94. The van der Waals surface area contributed by atoms with Gasteiger partial charge in [0, 0.05) is 0 Å². The molecule has 0 aromatic carbocycles. The smallest absolute Gasteiger partial charge is 0.0787 e. The molecule has 0 saturated carbocycles. The maximum absolute atomic E-state index is 2.49. The molecule has 50 valence electrons. The van der Waals surface area contributed by atoms with Gasteiger partial charge in [-0.3, -0.25) is 0 Å². The summed E-state index contributed by atoms with van der Waals surface area (Å²) in [6, 6.07) is 0.765. The molecule has 0 unspecified atom stereocenters. The van der Waals surface area contributed by atoms with E-state index < -0.39 is 0 Å². The molecule has 1 nitrogen and oxygen atoms in total. The lowest BCUT2D eigenvalue weighted by molar-refractivity contribution is 0.380. The standard InChI is InChI=1S/C6H17NSi/c1-4-5-7(8)6(2)3/h6H,4-5H2,1-3,8H3. The van der Waals surface area contributed by atoms with Gasteiger partial charge in [0.05, 0.1) is 10.4 Å². The Hall–Kier alpha value is 0.177. The summed E-state index contributed by atoms with van der Waals surface area (Å²) >= 11 is 0. The highest BCUT2D eigenvalue weighted by molar-refractivity contribution is 6.04. The maximum Gasteiger partial charge on any atom is 0.0787 e. The van der Waals surface area contributed by atoms with Crippen LogP contribution in [0, 0.1) is 0 Å². The molecule has 0 amide bonds. The topological polar surface area (TPSA) is 3.24 Å². The van der Waals surface area contributed by atoms with Crippen LogP contribution in [0.2, 0.25) is 0 Å². The Morgan fingerprint density at radius 3 is 2.12 bits per heavy atom. The Kier molecular flexibility index (Phi) is 4.19. The van der Waals surface area contributed by atoms with Gasteiger partial charge in [-0.25, -0.2) is 0 Å². The third kappa shape index (κ3) is 3.21. The first-order valence-corrected chi connectivity index (χ1v) is 4.28. The molecule has 0 bridgehead atoms. The minimum Gasteiger partial charge on any atom is -0.330 e. The largest absolute Gasteiger partial charge is 0.330 e. The highest BCUT2D eigenvalue weighted by Gasteiger charge is 1.97. The fourth-order valence-electron chi connectivity index (χ4n) is 0.611. The molecule has 0 spiro atoms. The van der Waals surface area contributed by atoms with Crippen molar-refractivity contribution in [1.29, 1.82) is 0 Å². The van der Waals surface area contributed by atoms with Crippen LogP contribution in [-0.2, 0) is 0 Å². The molecule has 0 saturated heterocycles. The van der Waals surface area contributed by atoms with Crippen LogP contribution in [0.4, 0.5) is 0 Å². The van der Waals surface area contributed by atoms with Crippen LogP contribution >= 0.6 is 0 Å². The van der Waals surface area contributed by atoms with Gasteiger partial charge >= 0.3 is 0 Å². The lowest BCUT2D eigenvalue weighted by Gasteiger charge is -2.19. The molecule has 0 aliphatic carbocycles. The Bertz CT molecular complexity index is 54.5. The van der Waals surface area contributed by atoms with Gasteiger partial charge in [0.15, 0.2) is 0 Å². The van der Waals surface area contributed by atoms with E-state index in [0.29, 0.717) is 0 Å². The summed E-state index contributed by atoms with van der Waals surface area (Å²) in [5.41, 5.74) is 0. The van der Waals surface area contributed by atoms with Crippen molar-refractivity contribution in [3.05, 3.63) is 0 Å². The van der Waals surface area contributed by atoms with Crippen LogP contribution in [0.5, 0.6) is 0 Å². The molecule has 0 aromatic rings. The molecular formula is C6H17NSi. The fraction of sp³-hybridized carbons (Fsp3) is 1.00. The van der Waals surface area contributed by atoms with Crippen molar-refractivity contribution >= 4 is 10.4 Å². The molecule has 0 atom stereocenters. The van der Waals surface area contributed by atoms with E-state index in [1.807, 2.05) is 0 Å². The first-order chi connectivity index (χ1) is 3.68. The highest BCUT2D eigenvalue weighted by atomic mass is 28.2. The minimum absolute atomic E-state index is 0.765. The maximum atomic E-state index is 2.49. The molecule has 0 rings (SSSR count). The lowest BCUT2D eigenvalue weighted by Crippen LogP contribution is -2.28. The van der Waals surface area contributed by atoms with Crippen LogP contribution in [0.25, 0.3) is 0 Å². The van der Waals surface area contributed by atoms with Gasteiger partial charge in [-0.2, -0.15) is 0 Å². The van der Waals surface area contributed by atoms with Crippen molar-refractivity contribution in [3.63, 3.8) is 0 Å². The zero-order chi connectivity index (χ0) is 6.57.